The van der Waals surface area contributed by atoms with Crippen molar-refractivity contribution in [3.05, 3.63) is 188 Å². The monoisotopic (exact) mass is 1290 g/mol. The minimum Gasteiger partial charge on any atom is -0.0654 e. The first-order valence-electron chi connectivity index (χ1n) is 39.4. The van der Waals surface area contributed by atoms with Crippen molar-refractivity contribution >= 4 is 69.2 Å². The van der Waals surface area contributed by atoms with Gasteiger partial charge in [-0.1, -0.05) is 281 Å². The number of unbranched alkanes of at least 4 members (excludes halogenated alkanes) is 12. The quantitative estimate of drug-likeness (QED) is 0.0334. The highest BCUT2D eigenvalue weighted by Crippen LogP contribution is 2.50. The zero-order valence-electron chi connectivity index (χ0n) is 61.9. The molecule has 0 N–H and O–H groups in total. The Morgan fingerprint density at radius 2 is 0.394 bits per heavy atom. The third-order valence-corrected chi connectivity index (χ3v) is 26.3. The van der Waals surface area contributed by atoms with Gasteiger partial charge in [-0.3, -0.25) is 0 Å². The van der Waals surface area contributed by atoms with Crippen molar-refractivity contribution in [2.45, 2.75) is 314 Å². The number of fused-ring (bicyclic) bond motifs is 2. The number of benzene rings is 8. The van der Waals surface area contributed by atoms with Crippen LogP contribution >= 0.6 is 15.8 Å². The minimum absolute atomic E-state index is 1.11. The van der Waals surface area contributed by atoms with Crippen LogP contribution in [0.5, 0.6) is 0 Å². The lowest BCUT2D eigenvalue weighted by Gasteiger charge is -2.34. The number of hydrogen-bond donors (Lipinski definition) is 0. The van der Waals surface area contributed by atoms with Crippen molar-refractivity contribution in [2.24, 2.45) is 0 Å². The smallest absolute Gasteiger partial charge is 0.000883 e. The van der Waals surface area contributed by atoms with Gasteiger partial charge >= 0.3 is 0 Å². The molecule has 0 aliphatic rings. The summed E-state index contributed by atoms with van der Waals surface area (Å²) in [4.78, 5) is 0. The van der Waals surface area contributed by atoms with Crippen LogP contribution in [0.4, 0.5) is 0 Å². The van der Waals surface area contributed by atoms with Crippen molar-refractivity contribution in [3.63, 3.8) is 0 Å². The van der Waals surface area contributed by atoms with Crippen molar-refractivity contribution in [2.75, 3.05) is 0 Å². The standard InChI is InChI=1S/C92H128P2/c1-13-25-41-69-57-63-85(81(51-33-21-9)75(69)47-29-17-5)93(86-64-58-70(42-26-14-2)76(48-30-18-6)82(86)52-34-22-10)89-67-61-73-45-37-39-55-79(73)91(89)92-80-56-40-38-46-74(80)62-68-90(92)94(87-65-59-71(43-27-15-3)77(49-31-19-7)83(87)53-35-23-11)88-66-60-72(44-28-16-4)78(50-32-20-8)84(88)54-36-24-12/h37-40,45-46,55-68H,13-36,41-44,47-54H2,1-12H3. The topological polar surface area (TPSA) is 0 Å². The number of hydrogen-bond acceptors (Lipinski definition) is 0. The molecule has 0 unspecified atom stereocenters. The lowest BCUT2D eigenvalue weighted by Crippen LogP contribution is -2.32. The fourth-order valence-electron chi connectivity index (χ4n) is 15.5. The van der Waals surface area contributed by atoms with Crippen LogP contribution in [0.15, 0.2) is 121 Å². The Kier molecular flexibility index (Phi) is 32.0. The maximum absolute atomic E-state index is 2.75. The Morgan fingerprint density at radius 3 is 0.628 bits per heavy atom. The molecule has 0 aliphatic heterocycles. The molecule has 8 rings (SSSR count). The van der Waals surface area contributed by atoms with E-state index in [9.17, 15) is 0 Å². The second-order valence-corrected chi connectivity index (χ2v) is 32.3. The van der Waals surface area contributed by atoms with Crippen LogP contribution in [-0.2, 0) is 77.0 Å². The van der Waals surface area contributed by atoms with E-state index < -0.39 is 15.8 Å². The van der Waals surface area contributed by atoms with E-state index in [-0.39, 0.29) is 0 Å². The summed E-state index contributed by atoms with van der Waals surface area (Å²) in [5, 5.41) is 15.2. The molecule has 0 saturated heterocycles. The molecule has 0 fully saturated rings. The predicted molar refractivity (Wildman–Crippen MR) is 428 cm³/mol. The van der Waals surface area contributed by atoms with Gasteiger partial charge in [0.1, 0.15) is 0 Å². The van der Waals surface area contributed by atoms with E-state index in [0.29, 0.717) is 0 Å². The van der Waals surface area contributed by atoms with E-state index >= 15 is 0 Å². The largest absolute Gasteiger partial charge is 0.0654 e. The Balaban J connectivity index is 1.67. The molecule has 0 radical (unpaired) electrons. The van der Waals surface area contributed by atoms with E-state index in [1.807, 2.05) is 0 Å². The first-order valence-corrected chi connectivity index (χ1v) is 42.1. The molecule has 0 aliphatic carbocycles. The van der Waals surface area contributed by atoms with Gasteiger partial charge in [-0.05, 0) is 301 Å². The van der Waals surface area contributed by atoms with Crippen LogP contribution in [0.25, 0.3) is 32.7 Å². The molecule has 2 heteroatoms. The van der Waals surface area contributed by atoms with E-state index in [1.165, 1.54) is 238 Å². The normalized spacial score (nSPS) is 11.9. The van der Waals surface area contributed by atoms with E-state index in [1.54, 1.807) is 98.6 Å². The highest BCUT2D eigenvalue weighted by atomic mass is 31.1. The zero-order valence-corrected chi connectivity index (χ0v) is 63.7. The van der Waals surface area contributed by atoms with E-state index in [4.69, 9.17) is 0 Å². The molecular formula is C92H128P2. The molecule has 0 amide bonds. The summed E-state index contributed by atoms with van der Waals surface area (Å²) in [6, 6.07) is 51.8. The Hall–Kier alpha value is -4.86. The van der Waals surface area contributed by atoms with Crippen molar-refractivity contribution in [1.29, 1.82) is 0 Å². The van der Waals surface area contributed by atoms with Crippen LogP contribution in [0.1, 0.15) is 304 Å². The number of rotatable bonds is 43. The summed E-state index contributed by atoms with van der Waals surface area (Å²) in [6.45, 7) is 29.0. The summed E-state index contributed by atoms with van der Waals surface area (Å²) >= 11 is 0. The van der Waals surface area contributed by atoms with Gasteiger partial charge in [-0.25, -0.2) is 0 Å². The SMILES string of the molecule is CCCCc1ccc(P(c2ccc(CCCC)c(CCCC)c2CCCC)c2ccc3ccccc3c2-c2c(P(c3ccc(CCCC)c(CCCC)c3CCCC)c3ccc(CCCC)c(CCCC)c3CCCC)ccc3ccccc23)c(CCCC)c1CCCC. The molecule has 0 bridgehead atoms. The number of aryl methyl sites for hydroxylation is 4. The predicted octanol–water partition coefficient (Wildman–Crippen LogP) is 25.3. The van der Waals surface area contributed by atoms with Crippen molar-refractivity contribution in [3.8, 4) is 11.1 Å². The van der Waals surface area contributed by atoms with Crippen LogP contribution in [0.3, 0.4) is 0 Å². The van der Waals surface area contributed by atoms with Gasteiger partial charge < -0.3 is 0 Å². The second-order valence-electron chi connectivity index (χ2n) is 28.1. The van der Waals surface area contributed by atoms with Crippen molar-refractivity contribution < 1.29 is 0 Å². The molecule has 0 aromatic heterocycles. The summed E-state index contributed by atoms with van der Waals surface area (Å²) in [6.07, 6.45) is 43.2. The fourth-order valence-corrected chi connectivity index (χ4v) is 21.4. The van der Waals surface area contributed by atoms with Crippen LogP contribution < -0.4 is 31.8 Å². The maximum Gasteiger partial charge on any atom is -0.000883 e. The minimum atomic E-state index is -1.11. The molecule has 0 nitrogen and oxygen atoms in total. The molecule has 8 aromatic carbocycles. The lowest BCUT2D eigenvalue weighted by molar-refractivity contribution is 0.736. The first-order chi connectivity index (χ1) is 46.2. The molecule has 0 spiro atoms. The molecule has 0 atom stereocenters. The molecule has 506 valence electrons. The van der Waals surface area contributed by atoms with Gasteiger partial charge in [0.25, 0.3) is 0 Å². The highest BCUT2D eigenvalue weighted by Gasteiger charge is 2.34. The van der Waals surface area contributed by atoms with Gasteiger partial charge in [-0.2, -0.15) is 0 Å². The fraction of sp³-hybridized carbons (Fsp3) is 0.522. The van der Waals surface area contributed by atoms with Crippen LogP contribution in [0.2, 0.25) is 0 Å². The molecule has 0 saturated carbocycles. The van der Waals surface area contributed by atoms with Gasteiger partial charge in [0.15, 0.2) is 0 Å². The zero-order chi connectivity index (χ0) is 66.6. The molecule has 94 heavy (non-hydrogen) atoms. The van der Waals surface area contributed by atoms with Gasteiger partial charge in [0, 0.05) is 0 Å². The molecule has 8 aromatic rings. The van der Waals surface area contributed by atoms with Crippen LogP contribution in [0, 0.1) is 0 Å². The van der Waals surface area contributed by atoms with Gasteiger partial charge in [0.05, 0.1) is 0 Å². The Bertz CT molecular complexity index is 3200. The Labute approximate surface area is 579 Å². The summed E-state index contributed by atoms with van der Waals surface area (Å²) in [5.74, 6) is 0. The Morgan fingerprint density at radius 1 is 0.191 bits per heavy atom. The third-order valence-electron chi connectivity index (χ3n) is 21.0. The van der Waals surface area contributed by atoms with Gasteiger partial charge in [-0.15, -0.1) is 0 Å². The molecule has 0 heterocycles. The van der Waals surface area contributed by atoms with E-state index in [0.717, 1.165) is 25.7 Å². The summed E-state index contributed by atoms with van der Waals surface area (Å²) < 4.78 is 0. The molecular weight excluding hydrogens is 1170 g/mol. The lowest BCUT2D eigenvalue weighted by atomic mass is 9.90. The summed E-state index contributed by atoms with van der Waals surface area (Å²) in [7, 11) is -2.23. The summed E-state index contributed by atoms with van der Waals surface area (Å²) in [5.41, 5.74) is 23.1. The van der Waals surface area contributed by atoms with Crippen molar-refractivity contribution in [1.82, 2.24) is 0 Å². The average Bonchev–Trinajstić information content (AvgIpc) is 0.725. The van der Waals surface area contributed by atoms with E-state index in [2.05, 4.69) is 204 Å². The van der Waals surface area contributed by atoms with Crippen LogP contribution in [-0.4, -0.2) is 0 Å². The average molecular weight is 1300 g/mol. The maximum atomic E-state index is 2.75. The third kappa shape index (κ3) is 18.5. The first kappa shape index (κ1) is 74.9. The van der Waals surface area contributed by atoms with Gasteiger partial charge in [0.2, 0.25) is 0 Å². The highest BCUT2D eigenvalue weighted by molar-refractivity contribution is 7.81. The second kappa shape index (κ2) is 40.1.